The van der Waals surface area contributed by atoms with Gasteiger partial charge in [0, 0.05) is 12.2 Å². The number of Topliss-reactive ketones (excluding diaryl/α,β-unsaturated/α-hetero) is 1. The van der Waals surface area contributed by atoms with Gasteiger partial charge in [-0.25, -0.2) is 9.97 Å². The van der Waals surface area contributed by atoms with E-state index in [1.54, 1.807) is 13.1 Å². The van der Waals surface area contributed by atoms with Gasteiger partial charge >= 0.3 is 0 Å². The van der Waals surface area contributed by atoms with Crippen molar-refractivity contribution >= 4 is 16.9 Å². The van der Waals surface area contributed by atoms with E-state index < -0.39 is 0 Å². The van der Waals surface area contributed by atoms with Crippen LogP contribution in [0.5, 0.6) is 0 Å². The summed E-state index contributed by atoms with van der Waals surface area (Å²) in [7, 11) is 0. The topological polar surface area (TPSA) is 47.8 Å². The SMILES string of the molecule is CC(=O)C(C)c1nc2cccnc2n1C1CC1. The first-order chi connectivity index (χ1) is 8.18. The van der Waals surface area contributed by atoms with E-state index in [0.717, 1.165) is 17.0 Å². The lowest BCUT2D eigenvalue weighted by Gasteiger charge is -2.10. The van der Waals surface area contributed by atoms with Crippen LogP contribution in [0.25, 0.3) is 11.2 Å². The molecule has 0 bridgehead atoms. The zero-order valence-electron chi connectivity index (χ0n) is 10.1. The Hall–Kier alpha value is -1.71. The quantitative estimate of drug-likeness (QED) is 0.812. The number of aromatic nitrogens is 3. The summed E-state index contributed by atoms with van der Waals surface area (Å²) in [4.78, 5) is 20.5. The molecule has 0 aliphatic heterocycles. The maximum Gasteiger partial charge on any atom is 0.160 e. The molecule has 0 amide bonds. The number of hydrogen-bond acceptors (Lipinski definition) is 3. The van der Waals surface area contributed by atoms with Crippen LogP contribution >= 0.6 is 0 Å². The molecular formula is C13H15N3O. The third-order valence-corrected chi connectivity index (χ3v) is 3.39. The molecule has 0 radical (unpaired) electrons. The molecule has 0 spiro atoms. The van der Waals surface area contributed by atoms with Gasteiger partial charge in [0.2, 0.25) is 0 Å². The van der Waals surface area contributed by atoms with Crippen LogP contribution in [-0.2, 0) is 4.79 Å². The average Bonchev–Trinajstić information content (AvgIpc) is 3.08. The number of pyridine rings is 1. The fourth-order valence-electron chi connectivity index (χ4n) is 2.13. The van der Waals surface area contributed by atoms with Crippen molar-refractivity contribution in [2.75, 3.05) is 0 Å². The second-order valence-electron chi connectivity index (χ2n) is 4.75. The maximum absolute atomic E-state index is 11.5. The van der Waals surface area contributed by atoms with Crippen molar-refractivity contribution in [3.63, 3.8) is 0 Å². The van der Waals surface area contributed by atoms with Gasteiger partial charge in [-0.2, -0.15) is 0 Å². The Balaban J connectivity index is 2.22. The maximum atomic E-state index is 11.5. The summed E-state index contributed by atoms with van der Waals surface area (Å²) in [5, 5.41) is 0. The average molecular weight is 229 g/mol. The summed E-state index contributed by atoms with van der Waals surface area (Å²) >= 11 is 0. The molecule has 2 aromatic heterocycles. The number of nitrogens with zero attached hydrogens (tertiary/aromatic N) is 3. The Labute approximate surface area is 99.7 Å². The van der Waals surface area contributed by atoms with Gasteiger partial charge < -0.3 is 4.57 Å². The number of rotatable bonds is 3. The van der Waals surface area contributed by atoms with Gasteiger partial charge in [-0.1, -0.05) is 0 Å². The molecule has 1 saturated carbocycles. The highest BCUT2D eigenvalue weighted by Gasteiger charge is 2.31. The minimum Gasteiger partial charge on any atom is -0.309 e. The second-order valence-corrected chi connectivity index (χ2v) is 4.75. The van der Waals surface area contributed by atoms with Crippen molar-refractivity contribution in [1.29, 1.82) is 0 Å². The third-order valence-electron chi connectivity index (χ3n) is 3.39. The van der Waals surface area contributed by atoms with Crippen molar-refractivity contribution in [3.05, 3.63) is 24.2 Å². The van der Waals surface area contributed by atoms with E-state index in [4.69, 9.17) is 0 Å². The second kappa shape index (κ2) is 3.65. The summed E-state index contributed by atoms with van der Waals surface area (Å²) in [6.45, 7) is 3.54. The van der Waals surface area contributed by atoms with Crippen LogP contribution in [0.4, 0.5) is 0 Å². The number of hydrogen-bond donors (Lipinski definition) is 0. The molecule has 1 fully saturated rings. The first kappa shape index (κ1) is 10.4. The number of carbonyl (C=O) groups excluding carboxylic acids is 1. The van der Waals surface area contributed by atoms with Gasteiger partial charge in [-0.3, -0.25) is 4.79 Å². The largest absolute Gasteiger partial charge is 0.309 e. The van der Waals surface area contributed by atoms with Crippen LogP contribution < -0.4 is 0 Å². The van der Waals surface area contributed by atoms with E-state index >= 15 is 0 Å². The Kier molecular flexibility index (Phi) is 2.24. The molecule has 88 valence electrons. The zero-order valence-corrected chi connectivity index (χ0v) is 10.1. The van der Waals surface area contributed by atoms with Crippen molar-refractivity contribution in [1.82, 2.24) is 14.5 Å². The molecule has 4 heteroatoms. The normalized spacial score (nSPS) is 17.3. The smallest absolute Gasteiger partial charge is 0.160 e. The number of fused-ring (bicyclic) bond motifs is 1. The van der Waals surface area contributed by atoms with Gasteiger partial charge in [0.25, 0.3) is 0 Å². The fourth-order valence-corrected chi connectivity index (χ4v) is 2.13. The van der Waals surface area contributed by atoms with Gasteiger partial charge in [0.05, 0.1) is 5.92 Å². The predicted octanol–water partition coefficient (Wildman–Crippen LogP) is 2.46. The van der Waals surface area contributed by atoms with E-state index in [0.29, 0.717) is 6.04 Å². The molecule has 1 aliphatic carbocycles. The number of ketones is 1. The molecule has 1 unspecified atom stereocenters. The highest BCUT2D eigenvalue weighted by molar-refractivity contribution is 5.83. The number of carbonyl (C=O) groups is 1. The van der Waals surface area contributed by atoms with Crippen LogP contribution in [0.15, 0.2) is 18.3 Å². The van der Waals surface area contributed by atoms with Gasteiger partial charge in [0.1, 0.15) is 17.1 Å². The molecule has 4 nitrogen and oxygen atoms in total. The summed E-state index contributed by atoms with van der Waals surface area (Å²) in [5.74, 6) is 0.876. The Bertz CT molecular complexity index is 583. The lowest BCUT2D eigenvalue weighted by molar-refractivity contribution is -0.118. The van der Waals surface area contributed by atoms with Gasteiger partial charge in [-0.05, 0) is 38.8 Å². The van der Waals surface area contributed by atoms with E-state index in [9.17, 15) is 4.79 Å². The van der Waals surface area contributed by atoms with E-state index in [2.05, 4.69) is 14.5 Å². The van der Waals surface area contributed by atoms with Crippen molar-refractivity contribution < 1.29 is 4.79 Å². The monoisotopic (exact) mass is 229 g/mol. The first-order valence-electron chi connectivity index (χ1n) is 6.02. The Morgan fingerprint density at radius 1 is 1.53 bits per heavy atom. The first-order valence-corrected chi connectivity index (χ1v) is 6.02. The molecule has 0 saturated heterocycles. The predicted molar refractivity (Wildman–Crippen MR) is 64.9 cm³/mol. The van der Waals surface area contributed by atoms with Crippen LogP contribution in [0.3, 0.4) is 0 Å². The summed E-state index contributed by atoms with van der Waals surface area (Å²) in [5.41, 5.74) is 1.81. The lowest BCUT2D eigenvalue weighted by Crippen LogP contribution is -2.12. The molecule has 1 aliphatic rings. The summed E-state index contributed by atoms with van der Waals surface area (Å²) in [6.07, 6.45) is 4.12. The third kappa shape index (κ3) is 1.64. The Morgan fingerprint density at radius 3 is 2.94 bits per heavy atom. The molecule has 2 heterocycles. The summed E-state index contributed by atoms with van der Waals surface area (Å²) < 4.78 is 2.15. The molecular weight excluding hydrogens is 214 g/mol. The highest BCUT2D eigenvalue weighted by atomic mass is 16.1. The van der Waals surface area contributed by atoms with Crippen molar-refractivity contribution in [2.24, 2.45) is 0 Å². The zero-order chi connectivity index (χ0) is 12.0. The minimum absolute atomic E-state index is 0.148. The molecule has 1 atom stereocenters. The standard InChI is InChI=1S/C13H15N3O/c1-8(9(2)17)12-15-11-4-3-7-14-13(11)16(12)10-5-6-10/h3-4,7-8,10H,5-6H2,1-2H3. The van der Waals surface area contributed by atoms with Crippen LogP contribution in [0.1, 0.15) is 44.5 Å². The van der Waals surface area contributed by atoms with E-state index in [1.165, 1.54) is 12.8 Å². The highest BCUT2D eigenvalue weighted by Crippen LogP contribution is 2.39. The van der Waals surface area contributed by atoms with Gasteiger partial charge in [0.15, 0.2) is 5.65 Å². The van der Waals surface area contributed by atoms with Crippen molar-refractivity contribution in [3.8, 4) is 0 Å². The fraction of sp³-hybridized carbons (Fsp3) is 0.462. The van der Waals surface area contributed by atoms with Crippen LogP contribution in [0, 0.1) is 0 Å². The van der Waals surface area contributed by atoms with Crippen LogP contribution in [0.2, 0.25) is 0 Å². The molecule has 17 heavy (non-hydrogen) atoms. The molecule has 2 aromatic rings. The molecule has 3 rings (SSSR count). The van der Waals surface area contributed by atoms with Gasteiger partial charge in [-0.15, -0.1) is 0 Å². The molecule has 0 aromatic carbocycles. The van der Waals surface area contributed by atoms with E-state index in [-0.39, 0.29) is 11.7 Å². The van der Waals surface area contributed by atoms with Crippen molar-refractivity contribution in [2.45, 2.75) is 38.6 Å². The lowest BCUT2D eigenvalue weighted by atomic mass is 10.1. The summed E-state index contributed by atoms with van der Waals surface area (Å²) in [6, 6.07) is 4.33. The Morgan fingerprint density at radius 2 is 2.29 bits per heavy atom. The number of imidazole rings is 1. The van der Waals surface area contributed by atoms with Crippen LogP contribution in [-0.4, -0.2) is 20.3 Å². The molecule has 0 N–H and O–H groups in total. The minimum atomic E-state index is -0.148. The van der Waals surface area contributed by atoms with E-state index in [1.807, 2.05) is 19.1 Å².